The van der Waals surface area contributed by atoms with Crippen molar-refractivity contribution in [3.8, 4) is 5.75 Å². The largest absolute Gasteiger partial charge is 0.497 e. The first-order valence-electron chi connectivity index (χ1n) is 4.92. The van der Waals surface area contributed by atoms with E-state index in [4.69, 9.17) is 4.74 Å². The first-order valence-corrected chi connectivity index (χ1v) is 4.92. The highest BCUT2D eigenvalue weighted by Crippen LogP contribution is 2.09. The van der Waals surface area contributed by atoms with Gasteiger partial charge in [0.1, 0.15) is 11.8 Å². The molecule has 0 aliphatic heterocycles. The van der Waals surface area contributed by atoms with Crippen molar-refractivity contribution in [2.75, 3.05) is 14.2 Å². The number of esters is 1. The fraction of sp³-hybridized carbons (Fsp3) is 0.333. The molecule has 1 atom stereocenters. The van der Waals surface area contributed by atoms with E-state index >= 15 is 0 Å². The van der Waals surface area contributed by atoms with Gasteiger partial charge in [0.15, 0.2) is 0 Å². The molecule has 0 saturated carbocycles. The molecule has 1 aromatic rings. The van der Waals surface area contributed by atoms with Gasteiger partial charge in [-0.1, -0.05) is 0 Å². The minimum Gasteiger partial charge on any atom is -0.497 e. The molecule has 0 fully saturated rings. The van der Waals surface area contributed by atoms with Crippen molar-refractivity contribution >= 4 is 12.2 Å². The van der Waals surface area contributed by atoms with Gasteiger partial charge in [-0.25, -0.2) is 4.79 Å². The van der Waals surface area contributed by atoms with E-state index in [1.165, 1.54) is 7.11 Å². The van der Waals surface area contributed by atoms with Gasteiger partial charge in [-0.05, 0) is 36.8 Å². The molecule has 1 rings (SSSR count). The number of rotatable bonds is 4. The average Bonchev–Trinajstić information content (AvgIpc) is 2.35. The van der Waals surface area contributed by atoms with Crippen LogP contribution in [0, 0.1) is 0 Å². The smallest absolute Gasteiger partial charge is 0.330 e. The highest BCUT2D eigenvalue weighted by Gasteiger charge is 2.09. The number of aliphatic imine (C=N–C) groups is 1. The van der Waals surface area contributed by atoms with Crippen LogP contribution in [-0.2, 0) is 9.53 Å². The summed E-state index contributed by atoms with van der Waals surface area (Å²) in [6.07, 6.45) is 1.64. The van der Waals surface area contributed by atoms with Gasteiger partial charge >= 0.3 is 5.97 Å². The maximum Gasteiger partial charge on any atom is 0.330 e. The fourth-order valence-corrected chi connectivity index (χ4v) is 1.12. The molecule has 86 valence electrons. The van der Waals surface area contributed by atoms with E-state index in [9.17, 15) is 4.79 Å². The molecule has 4 nitrogen and oxygen atoms in total. The quantitative estimate of drug-likeness (QED) is 0.574. The van der Waals surface area contributed by atoms with Crippen molar-refractivity contribution in [1.29, 1.82) is 0 Å². The normalized spacial score (nSPS) is 12.4. The summed E-state index contributed by atoms with van der Waals surface area (Å²) in [4.78, 5) is 15.2. The van der Waals surface area contributed by atoms with Gasteiger partial charge in [-0.2, -0.15) is 0 Å². The van der Waals surface area contributed by atoms with E-state index in [1.54, 1.807) is 20.2 Å². The van der Waals surface area contributed by atoms with Gasteiger partial charge in [0.05, 0.1) is 14.2 Å². The SMILES string of the molecule is COC(=O)C(C)N=Cc1ccc(OC)cc1. The second-order valence-electron chi connectivity index (χ2n) is 3.25. The molecule has 0 spiro atoms. The van der Waals surface area contributed by atoms with Gasteiger partial charge in [0.2, 0.25) is 0 Å². The Hall–Kier alpha value is -1.84. The lowest BCUT2D eigenvalue weighted by atomic mass is 10.2. The number of hydrogen-bond acceptors (Lipinski definition) is 4. The summed E-state index contributed by atoms with van der Waals surface area (Å²) in [6, 6.07) is 6.93. The molecule has 0 aliphatic rings. The van der Waals surface area contributed by atoms with E-state index in [0.29, 0.717) is 0 Å². The van der Waals surface area contributed by atoms with Crippen LogP contribution in [0.5, 0.6) is 5.75 Å². The Balaban J connectivity index is 2.65. The maximum atomic E-state index is 11.1. The first-order chi connectivity index (χ1) is 7.67. The zero-order valence-electron chi connectivity index (χ0n) is 9.64. The summed E-state index contributed by atoms with van der Waals surface area (Å²) < 4.78 is 9.60. The monoisotopic (exact) mass is 221 g/mol. The Labute approximate surface area is 94.9 Å². The van der Waals surface area contributed by atoms with Crippen LogP contribution in [0.15, 0.2) is 29.3 Å². The summed E-state index contributed by atoms with van der Waals surface area (Å²) in [7, 11) is 2.96. The van der Waals surface area contributed by atoms with Crippen LogP contribution >= 0.6 is 0 Å². The van der Waals surface area contributed by atoms with Crippen molar-refractivity contribution in [3.63, 3.8) is 0 Å². The number of ether oxygens (including phenoxy) is 2. The van der Waals surface area contributed by atoms with Gasteiger partial charge in [-0.3, -0.25) is 4.99 Å². The molecule has 0 heterocycles. The summed E-state index contributed by atoms with van der Waals surface area (Å²) in [5.41, 5.74) is 0.913. The molecule has 0 saturated heterocycles. The molecule has 16 heavy (non-hydrogen) atoms. The van der Waals surface area contributed by atoms with E-state index < -0.39 is 6.04 Å². The van der Waals surface area contributed by atoms with Gasteiger partial charge in [-0.15, -0.1) is 0 Å². The number of carbonyl (C=O) groups excluding carboxylic acids is 1. The Morgan fingerprint density at radius 1 is 1.31 bits per heavy atom. The minimum absolute atomic E-state index is 0.343. The number of carbonyl (C=O) groups is 1. The Kier molecular flexibility index (Phi) is 4.51. The highest BCUT2D eigenvalue weighted by molar-refractivity contribution is 5.83. The van der Waals surface area contributed by atoms with Crippen LogP contribution in [0.1, 0.15) is 12.5 Å². The Morgan fingerprint density at radius 2 is 1.94 bits per heavy atom. The zero-order valence-corrected chi connectivity index (χ0v) is 9.64. The molecule has 0 bridgehead atoms. The van der Waals surface area contributed by atoms with Gasteiger partial charge in [0, 0.05) is 6.21 Å². The average molecular weight is 221 g/mol. The summed E-state index contributed by atoms with van der Waals surface area (Å²) >= 11 is 0. The molecule has 0 amide bonds. The van der Waals surface area contributed by atoms with Gasteiger partial charge < -0.3 is 9.47 Å². The molecule has 1 unspecified atom stereocenters. The molecule has 0 radical (unpaired) electrons. The molecule has 0 aromatic heterocycles. The van der Waals surface area contributed by atoms with E-state index in [-0.39, 0.29) is 5.97 Å². The second-order valence-corrected chi connectivity index (χ2v) is 3.25. The third-order valence-electron chi connectivity index (χ3n) is 2.11. The number of benzene rings is 1. The molecule has 0 N–H and O–H groups in total. The van der Waals surface area contributed by atoms with Gasteiger partial charge in [0.25, 0.3) is 0 Å². The minimum atomic E-state index is -0.480. The first kappa shape index (κ1) is 12.2. The van der Waals surface area contributed by atoms with Crippen molar-refractivity contribution in [1.82, 2.24) is 0 Å². The number of nitrogens with zero attached hydrogens (tertiary/aromatic N) is 1. The lowest BCUT2D eigenvalue weighted by Gasteiger charge is -2.03. The van der Waals surface area contributed by atoms with E-state index in [1.807, 2.05) is 24.3 Å². The number of methoxy groups -OCH3 is 2. The van der Waals surface area contributed by atoms with Crippen molar-refractivity contribution in [2.24, 2.45) is 4.99 Å². The Morgan fingerprint density at radius 3 is 2.44 bits per heavy atom. The van der Waals surface area contributed by atoms with Crippen LogP contribution in [0.3, 0.4) is 0 Å². The standard InChI is InChI=1S/C12H15NO3/c1-9(12(14)16-3)13-8-10-4-6-11(15-2)7-5-10/h4-9H,1-3H3. The Bertz CT molecular complexity index is 370. The van der Waals surface area contributed by atoms with E-state index in [0.717, 1.165) is 11.3 Å². The number of hydrogen-bond donors (Lipinski definition) is 0. The predicted molar refractivity (Wildman–Crippen MR) is 62.1 cm³/mol. The molecule has 0 aliphatic carbocycles. The van der Waals surface area contributed by atoms with Crippen molar-refractivity contribution in [3.05, 3.63) is 29.8 Å². The highest BCUT2D eigenvalue weighted by atomic mass is 16.5. The van der Waals surface area contributed by atoms with Crippen molar-refractivity contribution in [2.45, 2.75) is 13.0 Å². The maximum absolute atomic E-state index is 11.1. The molecule has 1 aromatic carbocycles. The molecule has 4 heteroatoms. The topological polar surface area (TPSA) is 47.9 Å². The lowest BCUT2D eigenvalue weighted by Crippen LogP contribution is -2.16. The summed E-state index contributed by atoms with van der Waals surface area (Å²) in [5, 5.41) is 0. The predicted octanol–water partition coefficient (Wildman–Crippen LogP) is 1.68. The molecular weight excluding hydrogens is 206 g/mol. The van der Waals surface area contributed by atoms with Crippen molar-refractivity contribution < 1.29 is 14.3 Å². The lowest BCUT2D eigenvalue weighted by molar-refractivity contribution is -0.141. The fourth-order valence-electron chi connectivity index (χ4n) is 1.12. The van der Waals surface area contributed by atoms with Crippen LogP contribution in [0.2, 0.25) is 0 Å². The van der Waals surface area contributed by atoms with Crippen LogP contribution in [-0.4, -0.2) is 32.4 Å². The third kappa shape index (κ3) is 3.38. The summed E-state index contributed by atoms with van der Waals surface area (Å²) in [5.74, 6) is 0.447. The van der Waals surface area contributed by atoms with Crippen LogP contribution in [0.25, 0.3) is 0 Å². The molecular formula is C12H15NO3. The zero-order chi connectivity index (χ0) is 12.0. The van der Waals surface area contributed by atoms with Crippen LogP contribution in [0.4, 0.5) is 0 Å². The van der Waals surface area contributed by atoms with Crippen LogP contribution < -0.4 is 4.74 Å². The second kappa shape index (κ2) is 5.90. The summed E-state index contributed by atoms with van der Waals surface area (Å²) in [6.45, 7) is 1.69. The third-order valence-corrected chi connectivity index (χ3v) is 2.11. The van der Waals surface area contributed by atoms with E-state index in [2.05, 4.69) is 9.73 Å².